The van der Waals surface area contributed by atoms with E-state index in [1.807, 2.05) is 12.1 Å². The van der Waals surface area contributed by atoms with E-state index < -0.39 is 0 Å². The van der Waals surface area contributed by atoms with Crippen LogP contribution in [0.15, 0.2) is 24.5 Å². The van der Waals surface area contributed by atoms with Gasteiger partial charge in [-0.2, -0.15) is 0 Å². The maximum absolute atomic E-state index is 5.91. The number of rotatable bonds is 3. The molecule has 0 amide bonds. The van der Waals surface area contributed by atoms with Crippen molar-refractivity contribution in [2.75, 3.05) is 11.2 Å². The molecule has 4 nitrogen and oxygen atoms in total. The summed E-state index contributed by atoms with van der Waals surface area (Å²) in [6.45, 7) is 0. The van der Waals surface area contributed by atoms with Crippen LogP contribution in [0.1, 0.15) is 12.8 Å². The minimum absolute atomic E-state index is 0.0600. The standard InChI is InChI=1S/C11H11ClN4/c12-7-11(3-4-11)16-9-2-1-8-10(15-9)14-6-5-13-8/h1-2,5-6H,3-4,7H2,(H,14,15,16). The molecular weight excluding hydrogens is 224 g/mol. The summed E-state index contributed by atoms with van der Waals surface area (Å²) >= 11 is 5.91. The van der Waals surface area contributed by atoms with Gasteiger partial charge in [0.1, 0.15) is 11.3 Å². The van der Waals surface area contributed by atoms with Crippen molar-refractivity contribution in [2.45, 2.75) is 18.4 Å². The maximum atomic E-state index is 5.91. The number of aromatic nitrogens is 3. The molecule has 2 aromatic heterocycles. The molecule has 0 radical (unpaired) electrons. The van der Waals surface area contributed by atoms with E-state index in [0.29, 0.717) is 11.5 Å². The van der Waals surface area contributed by atoms with Crippen LogP contribution in [-0.4, -0.2) is 26.4 Å². The third kappa shape index (κ3) is 1.69. The van der Waals surface area contributed by atoms with Crippen molar-refractivity contribution in [1.29, 1.82) is 0 Å². The molecular formula is C11H11ClN4. The Kier molecular flexibility index (Phi) is 2.17. The van der Waals surface area contributed by atoms with Crippen LogP contribution in [0, 0.1) is 0 Å². The second-order valence-electron chi connectivity index (χ2n) is 4.13. The Labute approximate surface area is 98.1 Å². The highest BCUT2D eigenvalue weighted by Crippen LogP contribution is 2.39. The number of anilines is 1. The molecule has 1 aliphatic carbocycles. The summed E-state index contributed by atoms with van der Waals surface area (Å²) in [6.07, 6.45) is 5.53. The van der Waals surface area contributed by atoms with Crippen molar-refractivity contribution >= 4 is 28.6 Å². The number of fused-ring (bicyclic) bond motifs is 1. The summed E-state index contributed by atoms with van der Waals surface area (Å²) in [7, 11) is 0. The van der Waals surface area contributed by atoms with Gasteiger partial charge in [-0.3, -0.25) is 4.98 Å². The lowest BCUT2D eigenvalue weighted by Gasteiger charge is -2.14. The summed E-state index contributed by atoms with van der Waals surface area (Å²) < 4.78 is 0. The van der Waals surface area contributed by atoms with Crippen molar-refractivity contribution in [2.24, 2.45) is 0 Å². The molecule has 0 spiro atoms. The van der Waals surface area contributed by atoms with Crippen molar-refractivity contribution < 1.29 is 0 Å². The van der Waals surface area contributed by atoms with E-state index >= 15 is 0 Å². The Morgan fingerprint density at radius 1 is 1.25 bits per heavy atom. The van der Waals surface area contributed by atoms with Gasteiger partial charge in [0.25, 0.3) is 0 Å². The van der Waals surface area contributed by atoms with Gasteiger partial charge in [-0.05, 0) is 25.0 Å². The molecule has 0 atom stereocenters. The average molecular weight is 235 g/mol. The zero-order valence-corrected chi connectivity index (χ0v) is 9.41. The lowest BCUT2D eigenvalue weighted by atomic mass is 10.3. The van der Waals surface area contributed by atoms with Crippen LogP contribution in [0.4, 0.5) is 5.82 Å². The van der Waals surface area contributed by atoms with Crippen LogP contribution in [0.25, 0.3) is 11.2 Å². The third-order valence-electron chi connectivity index (χ3n) is 2.83. The molecule has 0 saturated heterocycles. The lowest BCUT2D eigenvalue weighted by molar-refractivity contribution is 0.830. The molecule has 0 bridgehead atoms. The van der Waals surface area contributed by atoms with E-state index in [1.165, 1.54) is 0 Å². The summed E-state index contributed by atoms with van der Waals surface area (Å²) in [5.41, 5.74) is 1.53. The number of nitrogens with zero attached hydrogens (tertiary/aromatic N) is 3. The average Bonchev–Trinajstić information content (AvgIpc) is 3.09. The van der Waals surface area contributed by atoms with E-state index in [2.05, 4.69) is 20.3 Å². The van der Waals surface area contributed by atoms with Gasteiger partial charge in [0.2, 0.25) is 0 Å². The summed E-state index contributed by atoms with van der Waals surface area (Å²) in [5.74, 6) is 1.44. The first kappa shape index (κ1) is 9.78. The van der Waals surface area contributed by atoms with Crippen LogP contribution < -0.4 is 5.32 Å². The Morgan fingerprint density at radius 3 is 2.81 bits per heavy atom. The predicted octanol–water partition coefficient (Wildman–Crippen LogP) is 2.21. The molecule has 2 heterocycles. The van der Waals surface area contributed by atoms with Crippen LogP contribution in [0.2, 0.25) is 0 Å². The number of alkyl halides is 1. The van der Waals surface area contributed by atoms with Crippen LogP contribution >= 0.6 is 11.6 Å². The van der Waals surface area contributed by atoms with E-state index in [1.54, 1.807) is 12.4 Å². The molecule has 1 saturated carbocycles. The molecule has 1 fully saturated rings. The zero-order chi connectivity index (χ0) is 11.0. The topological polar surface area (TPSA) is 50.7 Å². The van der Waals surface area contributed by atoms with Gasteiger partial charge in [0.15, 0.2) is 5.65 Å². The monoisotopic (exact) mass is 234 g/mol. The number of nitrogens with one attached hydrogen (secondary N) is 1. The second kappa shape index (κ2) is 3.56. The first-order chi connectivity index (χ1) is 7.81. The molecule has 82 valence electrons. The molecule has 1 aliphatic rings. The molecule has 0 aliphatic heterocycles. The Morgan fingerprint density at radius 2 is 2.06 bits per heavy atom. The van der Waals surface area contributed by atoms with E-state index in [0.717, 1.165) is 24.2 Å². The molecule has 1 N–H and O–H groups in total. The summed E-state index contributed by atoms with van der Waals surface area (Å²) in [6, 6.07) is 3.84. The lowest BCUT2D eigenvalue weighted by Crippen LogP contribution is -2.23. The van der Waals surface area contributed by atoms with E-state index in [9.17, 15) is 0 Å². The largest absolute Gasteiger partial charge is 0.363 e. The van der Waals surface area contributed by atoms with Crippen molar-refractivity contribution in [3.05, 3.63) is 24.5 Å². The number of hydrogen-bond acceptors (Lipinski definition) is 4. The number of pyridine rings is 1. The molecule has 16 heavy (non-hydrogen) atoms. The second-order valence-corrected chi connectivity index (χ2v) is 4.40. The molecule has 5 heteroatoms. The predicted molar refractivity (Wildman–Crippen MR) is 63.6 cm³/mol. The van der Waals surface area contributed by atoms with Crippen molar-refractivity contribution in [1.82, 2.24) is 15.0 Å². The Bertz CT molecular complexity index is 524. The quantitative estimate of drug-likeness (QED) is 0.828. The van der Waals surface area contributed by atoms with Crippen LogP contribution in [0.5, 0.6) is 0 Å². The van der Waals surface area contributed by atoms with Gasteiger partial charge in [0, 0.05) is 18.3 Å². The van der Waals surface area contributed by atoms with Gasteiger partial charge < -0.3 is 5.32 Å². The minimum Gasteiger partial charge on any atom is -0.363 e. The van der Waals surface area contributed by atoms with E-state index in [-0.39, 0.29) is 5.54 Å². The molecule has 0 aromatic carbocycles. The highest BCUT2D eigenvalue weighted by molar-refractivity contribution is 6.19. The fourth-order valence-electron chi connectivity index (χ4n) is 1.64. The first-order valence-corrected chi connectivity index (χ1v) is 5.77. The molecule has 0 unspecified atom stereocenters. The first-order valence-electron chi connectivity index (χ1n) is 5.23. The van der Waals surface area contributed by atoms with Crippen molar-refractivity contribution in [3.63, 3.8) is 0 Å². The fourth-order valence-corrected chi connectivity index (χ4v) is 1.97. The van der Waals surface area contributed by atoms with Crippen LogP contribution in [-0.2, 0) is 0 Å². The van der Waals surface area contributed by atoms with Gasteiger partial charge in [0.05, 0.1) is 5.54 Å². The van der Waals surface area contributed by atoms with E-state index in [4.69, 9.17) is 11.6 Å². The zero-order valence-electron chi connectivity index (χ0n) is 8.65. The molecule has 3 rings (SSSR count). The highest BCUT2D eigenvalue weighted by Gasteiger charge is 2.42. The summed E-state index contributed by atoms with van der Waals surface area (Å²) in [4.78, 5) is 12.8. The highest BCUT2D eigenvalue weighted by atomic mass is 35.5. The Balaban J connectivity index is 1.93. The molecule has 2 aromatic rings. The Hall–Kier alpha value is -1.42. The SMILES string of the molecule is ClCC1(Nc2ccc3nccnc3n2)CC1. The van der Waals surface area contributed by atoms with Gasteiger partial charge in [-0.15, -0.1) is 11.6 Å². The third-order valence-corrected chi connectivity index (χ3v) is 3.35. The fraction of sp³-hybridized carbons (Fsp3) is 0.364. The van der Waals surface area contributed by atoms with Gasteiger partial charge in [-0.1, -0.05) is 0 Å². The number of hydrogen-bond donors (Lipinski definition) is 1. The smallest absolute Gasteiger partial charge is 0.180 e. The van der Waals surface area contributed by atoms with Gasteiger partial charge >= 0.3 is 0 Å². The van der Waals surface area contributed by atoms with Gasteiger partial charge in [-0.25, -0.2) is 9.97 Å². The summed E-state index contributed by atoms with van der Waals surface area (Å²) in [5, 5.41) is 3.36. The maximum Gasteiger partial charge on any atom is 0.180 e. The number of halogens is 1. The normalized spacial score (nSPS) is 17.3. The van der Waals surface area contributed by atoms with Crippen molar-refractivity contribution in [3.8, 4) is 0 Å². The van der Waals surface area contributed by atoms with Crippen LogP contribution in [0.3, 0.4) is 0 Å². The minimum atomic E-state index is 0.0600.